The van der Waals surface area contributed by atoms with Gasteiger partial charge in [0, 0.05) is 6.54 Å². The third-order valence-corrected chi connectivity index (χ3v) is 7.01. The van der Waals surface area contributed by atoms with Crippen LogP contribution in [0, 0.1) is 11.2 Å². The van der Waals surface area contributed by atoms with Crippen molar-refractivity contribution >= 4 is 11.8 Å². The Labute approximate surface area is 200 Å². The molecule has 7 heteroatoms. The van der Waals surface area contributed by atoms with Gasteiger partial charge >= 0.3 is 0 Å². The van der Waals surface area contributed by atoms with Crippen molar-refractivity contribution in [1.82, 2.24) is 15.5 Å². The number of fused-ring (bicyclic) bond motifs is 1. The summed E-state index contributed by atoms with van der Waals surface area (Å²) < 4.78 is 19.2. The van der Waals surface area contributed by atoms with Crippen LogP contribution in [0.2, 0.25) is 0 Å². The minimum Gasteiger partial charge on any atom is -0.491 e. The molecule has 2 N–H and O–H groups in total. The maximum atomic E-state index is 13.3. The van der Waals surface area contributed by atoms with Crippen molar-refractivity contribution in [3.63, 3.8) is 0 Å². The Kier molecular flexibility index (Phi) is 8.16. The average Bonchev–Trinajstić information content (AvgIpc) is 2.84. The van der Waals surface area contributed by atoms with E-state index in [1.807, 2.05) is 18.2 Å². The summed E-state index contributed by atoms with van der Waals surface area (Å²) in [7, 11) is 0. The van der Waals surface area contributed by atoms with E-state index in [1.165, 1.54) is 17.7 Å². The first-order valence-corrected chi connectivity index (χ1v) is 12.3. The highest BCUT2D eigenvalue weighted by atomic mass is 19.1. The van der Waals surface area contributed by atoms with Gasteiger partial charge in [0.05, 0.1) is 18.5 Å². The molecule has 2 aliphatic rings. The average molecular weight is 468 g/mol. The highest BCUT2D eigenvalue weighted by molar-refractivity contribution is 5.83. The Bertz CT molecular complexity index is 989. The van der Waals surface area contributed by atoms with Crippen LogP contribution in [0.15, 0.2) is 48.5 Å². The first kappa shape index (κ1) is 24.2. The van der Waals surface area contributed by atoms with Gasteiger partial charge in [-0.3, -0.25) is 14.5 Å². The zero-order chi connectivity index (χ0) is 23.8. The van der Waals surface area contributed by atoms with Gasteiger partial charge in [-0.25, -0.2) is 4.39 Å². The van der Waals surface area contributed by atoms with Gasteiger partial charge < -0.3 is 15.4 Å². The van der Waals surface area contributed by atoms with E-state index in [9.17, 15) is 14.0 Å². The first-order chi connectivity index (χ1) is 16.5. The fraction of sp³-hybridized carbons (Fsp3) is 0.481. The van der Waals surface area contributed by atoms with Crippen LogP contribution in [0.3, 0.4) is 0 Å². The lowest BCUT2D eigenvalue weighted by molar-refractivity contribution is -0.135. The van der Waals surface area contributed by atoms with Gasteiger partial charge in [0.25, 0.3) is 0 Å². The molecule has 1 fully saturated rings. The van der Waals surface area contributed by atoms with E-state index in [0.717, 1.165) is 49.8 Å². The lowest BCUT2D eigenvalue weighted by Crippen LogP contribution is -2.51. The Morgan fingerprint density at radius 1 is 1.09 bits per heavy atom. The van der Waals surface area contributed by atoms with Crippen LogP contribution in [-0.2, 0) is 22.6 Å². The van der Waals surface area contributed by atoms with Gasteiger partial charge in [-0.15, -0.1) is 0 Å². The van der Waals surface area contributed by atoms with E-state index in [-0.39, 0.29) is 29.6 Å². The standard InChI is InChI=1S/C27H34FN3O3/c28-23-9-5-6-21(18-23)19-30-25(32)20-31-15-12-27(13-16-31)11-4-3-8-22-7-1-2-10-24(22)34-17-14-29-26(27)33/h1-2,5-7,9-10,18H,3-4,8,11-17,19-20H2,(H,29,33)(H,30,32). The Morgan fingerprint density at radius 3 is 2.74 bits per heavy atom. The van der Waals surface area contributed by atoms with E-state index in [2.05, 4.69) is 21.6 Å². The maximum Gasteiger partial charge on any atom is 0.234 e. The molecule has 2 aromatic carbocycles. The molecule has 0 saturated carbocycles. The second-order valence-electron chi connectivity index (χ2n) is 9.38. The Balaban J connectivity index is 1.28. The largest absolute Gasteiger partial charge is 0.491 e. The molecule has 2 aromatic rings. The van der Waals surface area contributed by atoms with E-state index in [0.29, 0.717) is 32.8 Å². The molecule has 34 heavy (non-hydrogen) atoms. The molecule has 0 atom stereocenters. The molecule has 0 aliphatic carbocycles. The summed E-state index contributed by atoms with van der Waals surface area (Å²) in [6.45, 7) is 2.96. The Morgan fingerprint density at radius 2 is 1.91 bits per heavy atom. The fourth-order valence-corrected chi connectivity index (χ4v) is 4.98. The van der Waals surface area contributed by atoms with Crippen LogP contribution in [0.4, 0.5) is 4.39 Å². The normalized spacial score (nSPS) is 19.1. The SMILES string of the molecule is O=C(CN1CCC2(CCCCc3ccccc3OCCNC2=O)CC1)NCc1cccc(F)c1. The molecular weight excluding hydrogens is 433 g/mol. The topological polar surface area (TPSA) is 70.7 Å². The van der Waals surface area contributed by atoms with E-state index < -0.39 is 0 Å². The zero-order valence-corrected chi connectivity index (χ0v) is 19.7. The number of carbonyl (C=O) groups is 2. The molecule has 0 bridgehead atoms. The molecule has 0 unspecified atom stereocenters. The molecule has 0 radical (unpaired) electrons. The fourth-order valence-electron chi connectivity index (χ4n) is 4.98. The number of carbonyl (C=O) groups excluding carboxylic acids is 2. The van der Waals surface area contributed by atoms with Crippen LogP contribution in [0.25, 0.3) is 0 Å². The van der Waals surface area contributed by atoms with Gasteiger partial charge in [0.15, 0.2) is 0 Å². The lowest BCUT2D eigenvalue weighted by Gasteiger charge is -2.40. The van der Waals surface area contributed by atoms with Gasteiger partial charge in [-0.1, -0.05) is 36.8 Å². The molecular formula is C27H34FN3O3. The number of nitrogens with one attached hydrogen (secondary N) is 2. The zero-order valence-electron chi connectivity index (χ0n) is 19.7. The number of para-hydroxylation sites is 1. The number of likely N-dealkylation sites (tertiary alicyclic amines) is 1. The molecule has 1 saturated heterocycles. The van der Waals surface area contributed by atoms with Crippen molar-refractivity contribution in [2.45, 2.75) is 45.1 Å². The summed E-state index contributed by atoms with van der Waals surface area (Å²) in [5.74, 6) is 0.634. The number of ether oxygens (including phenoxy) is 1. The predicted octanol–water partition coefficient (Wildman–Crippen LogP) is 3.45. The molecule has 4 rings (SSSR count). The molecule has 1 spiro atoms. The van der Waals surface area contributed by atoms with Crippen molar-refractivity contribution in [2.75, 3.05) is 32.8 Å². The van der Waals surface area contributed by atoms with Gasteiger partial charge in [0.1, 0.15) is 18.2 Å². The monoisotopic (exact) mass is 467 g/mol. The smallest absolute Gasteiger partial charge is 0.234 e. The quantitative estimate of drug-likeness (QED) is 0.723. The number of amides is 2. The summed E-state index contributed by atoms with van der Waals surface area (Å²) in [4.78, 5) is 27.7. The molecule has 6 nitrogen and oxygen atoms in total. The summed E-state index contributed by atoms with van der Waals surface area (Å²) in [5, 5.41) is 5.97. The number of nitrogens with zero attached hydrogens (tertiary/aromatic N) is 1. The summed E-state index contributed by atoms with van der Waals surface area (Å²) >= 11 is 0. The summed E-state index contributed by atoms with van der Waals surface area (Å²) in [6.07, 6.45) is 5.30. The second-order valence-corrected chi connectivity index (χ2v) is 9.38. The molecule has 0 aromatic heterocycles. The molecule has 182 valence electrons. The van der Waals surface area contributed by atoms with Crippen LogP contribution >= 0.6 is 0 Å². The molecule has 2 amide bonds. The molecule has 2 heterocycles. The van der Waals surface area contributed by atoms with Crippen molar-refractivity contribution in [3.05, 3.63) is 65.5 Å². The van der Waals surface area contributed by atoms with Gasteiger partial charge in [-0.05, 0) is 74.5 Å². The molecule has 2 aliphatic heterocycles. The minimum atomic E-state index is -0.382. The minimum absolute atomic E-state index is 0.0841. The van der Waals surface area contributed by atoms with E-state index in [4.69, 9.17) is 4.74 Å². The van der Waals surface area contributed by atoms with Crippen LogP contribution in [0.1, 0.15) is 43.2 Å². The van der Waals surface area contributed by atoms with E-state index in [1.54, 1.807) is 12.1 Å². The van der Waals surface area contributed by atoms with E-state index >= 15 is 0 Å². The number of aryl methyl sites for hydroxylation is 1. The number of hydrogen-bond donors (Lipinski definition) is 2. The lowest BCUT2D eigenvalue weighted by atomic mass is 9.73. The number of hydrogen-bond acceptors (Lipinski definition) is 4. The Hall–Kier alpha value is -2.93. The van der Waals surface area contributed by atoms with Crippen LogP contribution < -0.4 is 15.4 Å². The maximum absolute atomic E-state index is 13.3. The second kappa shape index (κ2) is 11.5. The predicted molar refractivity (Wildman–Crippen MR) is 129 cm³/mol. The van der Waals surface area contributed by atoms with Crippen molar-refractivity contribution in [1.29, 1.82) is 0 Å². The summed E-state index contributed by atoms with van der Waals surface area (Å²) in [5.41, 5.74) is 1.58. The van der Waals surface area contributed by atoms with Gasteiger partial charge in [-0.2, -0.15) is 0 Å². The highest BCUT2D eigenvalue weighted by Crippen LogP contribution is 2.37. The highest BCUT2D eigenvalue weighted by Gasteiger charge is 2.40. The van der Waals surface area contributed by atoms with Crippen LogP contribution in [-0.4, -0.2) is 49.5 Å². The van der Waals surface area contributed by atoms with Gasteiger partial charge in [0.2, 0.25) is 11.8 Å². The number of halogens is 1. The third-order valence-electron chi connectivity index (χ3n) is 7.01. The van der Waals surface area contributed by atoms with Crippen LogP contribution in [0.5, 0.6) is 5.75 Å². The number of piperidine rings is 1. The summed E-state index contributed by atoms with van der Waals surface area (Å²) in [6, 6.07) is 14.4. The first-order valence-electron chi connectivity index (χ1n) is 12.3. The van der Waals surface area contributed by atoms with Crippen molar-refractivity contribution < 1.29 is 18.7 Å². The number of benzene rings is 2. The van der Waals surface area contributed by atoms with Crippen molar-refractivity contribution in [3.8, 4) is 5.75 Å². The third kappa shape index (κ3) is 6.35. The van der Waals surface area contributed by atoms with Crippen molar-refractivity contribution in [2.24, 2.45) is 5.41 Å². The number of rotatable bonds is 4.